The molecule has 0 spiro atoms. The van der Waals surface area contributed by atoms with Crippen LogP contribution in [0, 0.1) is 5.92 Å². The Labute approximate surface area is 111 Å². The first-order valence-corrected chi connectivity index (χ1v) is 7.37. The molecule has 18 heavy (non-hydrogen) atoms. The Morgan fingerprint density at radius 1 is 1.50 bits per heavy atom. The molecule has 5 nitrogen and oxygen atoms in total. The molecule has 1 atom stereocenters. The lowest BCUT2D eigenvalue weighted by Gasteiger charge is -2.30. The van der Waals surface area contributed by atoms with Crippen LogP contribution in [-0.4, -0.2) is 21.5 Å². The standard InChI is InChI=1S/C12H20N4OS/c13-12(17)6-11(9-4-2-1-3-5-9)14-7-10-8-18-16-15-10/h8-9,11,14H,1-7H2,(H2,13,17)/t11-/m1/s1. The maximum absolute atomic E-state index is 11.2. The summed E-state index contributed by atoms with van der Waals surface area (Å²) in [5.41, 5.74) is 6.28. The fourth-order valence-electron chi connectivity index (χ4n) is 2.66. The highest BCUT2D eigenvalue weighted by molar-refractivity contribution is 7.03. The molecule has 1 aromatic heterocycles. The number of amides is 1. The summed E-state index contributed by atoms with van der Waals surface area (Å²) < 4.78 is 3.83. The quantitative estimate of drug-likeness (QED) is 0.818. The number of nitrogens with two attached hydrogens (primary N) is 1. The minimum absolute atomic E-state index is 0.185. The molecular weight excluding hydrogens is 248 g/mol. The maximum atomic E-state index is 11.2. The van der Waals surface area contributed by atoms with Gasteiger partial charge in [0.25, 0.3) is 0 Å². The number of carbonyl (C=O) groups excluding carboxylic acids is 1. The Morgan fingerprint density at radius 2 is 2.28 bits per heavy atom. The van der Waals surface area contributed by atoms with Crippen LogP contribution in [0.15, 0.2) is 5.38 Å². The molecule has 100 valence electrons. The first kappa shape index (κ1) is 13.4. The van der Waals surface area contributed by atoms with E-state index in [4.69, 9.17) is 5.73 Å². The number of primary amides is 1. The van der Waals surface area contributed by atoms with Crippen LogP contribution >= 0.6 is 11.5 Å². The second-order valence-corrected chi connectivity index (χ2v) is 5.56. The number of hydrogen-bond acceptors (Lipinski definition) is 5. The van der Waals surface area contributed by atoms with E-state index in [0.29, 0.717) is 18.9 Å². The molecule has 1 aliphatic carbocycles. The van der Waals surface area contributed by atoms with Gasteiger partial charge in [0.1, 0.15) is 0 Å². The highest BCUT2D eigenvalue weighted by Gasteiger charge is 2.24. The van der Waals surface area contributed by atoms with Gasteiger partial charge in [-0.05, 0) is 30.3 Å². The highest BCUT2D eigenvalue weighted by Crippen LogP contribution is 2.27. The molecule has 0 radical (unpaired) electrons. The van der Waals surface area contributed by atoms with Crippen LogP contribution < -0.4 is 11.1 Å². The third kappa shape index (κ3) is 4.03. The number of hydrogen-bond donors (Lipinski definition) is 2. The van der Waals surface area contributed by atoms with Crippen LogP contribution in [0.2, 0.25) is 0 Å². The molecule has 1 saturated carbocycles. The summed E-state index contributed by atoms with van der Waals surface area (Å²) in [5.74, 6) is 0.340. The van der Waals surface area contributed by atoms with Crippen LogP contribution in [0.4, 0.5) is 0 Å². The van der Waals surface area contributed by atoms with E-state index in [-0.39, 0.29) is 11.9 Å². The van der Waals surface area contributed by atoms with Gasteiger partial charge in [-0.15, -0.1) is 5.10 Å². The second-order valence-electron chi connectivity index (χ2n) is 4.95. The first-order valence-electron chi connectivity index (χ1n) is 6.53. The van der Waals surface area contributed by atoms with E-state index < -0.39 is 0 Å². The van der Waals surface area contributed by atoms with E-state index in [1.54, 1.807) is 0 Å². The summed E-state index contributed by atoms with van der Waals surface area (Å²) in [7, 11) is 0. The summed E-state index contributed by atoms with van der Waals surface area (Å²) in [6.07, 6.45) is 6.65. The van der Waals surface area contributed by atoms with Crippen LogP contribution in [-0.2, 0) is 11.3 Å². The predicted molar refractivity (Wildman–Crippen MR) is 70.9 cm³/mol. The molecule has 0 saturated heterocycles. The van der Waals surface area contributed by atoms with E-state index in [2.05, 4.69) is 14.9 Å². The van der Waals surface area contributed by atoms with Crippen molar-refractivity contribution in [1.29, 1.82) is 0 Å². The van der Waals surface area contributed by atoms with Crippen molar-refractivity contribution < 1.29 is 4.79 Å². The van der Waals surface area contributed by atoms with Crippen LogP contribution in [0.5, 0.6) is 0 Å². The molecule has 2 rings (SSSR count). The summed E-state index contributed by atoms with van der Waals surface area (Å²) in [5, 5.41) is 9.35. The van der Waals surface area contributed by atoms with Gasteiger partial charge in [-0.3, -0.25) is 4.79 Å². The average Bonchev–Trinajstić information content (AvgIpc) is 2.88. The first-order chi connectivity index (χ1) is 8.75. The second kappa shape index (κ2) is 6.80. The zero-order chi connectivity index (χ0) is 12.8. The van der Waals surface area contributed by atoms with E-state index in [1.807, 2.05) is 5.38 Å². The lowest BCUT2D eigenvalue weighted by Crippen LogP contribution is -2.40. The molecule has 0 unspecified atom stereocenters. The van der Waals surface area contributed by atoms with Crippen LogP contribution in [0.1, 0.15) is 44.2 Å². The van der Waals surface area contributed by atoms with Crippen molar-refractivity contribution in [3.05, 3.63) is 11.1 Å². The Hall–Kier alpha value is -1.01. The summed E-state index contributed by atoms with van der Waals surface area (Å²) in [6, 6.07) is 0.185. The van der Waals surface area contributed by atoms with Crippen molar-refractivity contribution in [3.8, 4) is 0 Å². The van der Waals surface area contributed by atoms with Gasteiger partial charge in [-0.2, -0.15) is 0 Å². The zero-order valence-corrected chi connectivity index (χ0v) is 11.3. The molecule has 0 aliphatic heterocycles. The van der Waals surface area contributed by atoms with Crippen LogP contribution in [0.3, 0.4) is 0 Å². The van der Waals surface area contributed by atoms with E-state index >= 15 is 0 Å². The fraction of sp³-hybridized carbons (Fsp3) is 0.750. The Bertz CT molecular complexity index is 362. The van der Waals surface area contributed by atoms with Crippen molar-refractivity contribution in [3.63, 3.8) is 0 Å². The number of nitrogens with zero attached hydrogens (tertiary/aromatic N) is 2. The summed E-state index contributed by atoms with van der Waals surface area (Å²) in [6.45, 7) is 0.672. The van der Waals surface area contributed by atoms with Gasteiger partial charge in [-0.25, -0.2) is 0 Å². The summed E-state index contributed by atoms with van der Waals surface area (Å²) in [4.78, 5) is 11.2. The van der Waals surface area contributed by atoms with Gasteiger partial charge in [0.05, 0.1) is 5.69 Å². The Kier molecular flexibility index (Phi) is 5.07. The normalized spacial score (nSPS) is 18.7. The van der Waals surface area contributed by atoms with Crippen molar-refractivity contribution in [2.75, 3.05) is 0 Å². The largest absolute Gasteiger partial charge is 0.370 e. The third-order valence-electron chi connectivity index (χ3n) is 3.59. The van der Waals surface area contributed by atoms with Gasteiger partial charge in [0.2, 0.25) is 5.91 Å². The molecule has 6 heteroatoms. The van der Waals surface area contributed by atoms with Crippen molar-refractivity contribution in [2.45, 2.75) is 51.1 Å². The number of carbonyl (C=O) groups is 1. The molecule has 1 amide bonds. The van der Waals surface area contributed by atoms with Crippen molar-refractivity contribution in [1.82, 2.24) is 14.9 Å². The van der Waals surface area contributed by atoms with Gasteiger partial charge < -0.3 is 11.1 Å². The van der Waals surface area contributed by atoms with Crippen molar-refractivity contribution >= 4 is 17.4 Å². The number of nitrogens with one attached hydrogen (secondary N) is 1. The van der Waals surface area contributed by atoms with Gasteiger partial charge >= 0.3 is 0 Å². The molecule has 1 aliphatic rings. The zero-order valence-electron chi connectivity index (χ0n) is 10.5. The molecule has 1 heterocycles. The van der Waals surface area contributed by atoms with Gasteiger partial charge in [-0.1, -0.05) is 23.8 Å². The maximum Gasteiger partial charge on any atom is 0.218 e. The third-order valence-corrected chi connectivity index (χ3v) is 4.14. The summed E-state index contributed by atoms with van der Waals surface area (Å²) >= 11 is 1.35. The SMILES string of the molecule is NC(=O)C[C@@H](NCc1csnn1)C1CCCCC1. The molecule has 0 bridgehead atoms. The van der Waals surface area contributed by atoms with E-state index in [9.17, 15) is 4.79 Å². The fourth-order valence-corrected chi connectivity index (χ4v) is 3.11. The average molecular weight is 268 g/mol. The van der Waals surface area contributed by atoms with Crippen molar-refractivity contribution in [2.24, 2.45) is 11.7 Å². The van der Waals surface area contributed by atoms with Crippen LogP contribution in [0.25, 0.3) is 0 Å². The lowest BCUT2D eigenvalue weighted by atomic mass is 9.82. The van der Waals surface area contributed by atoms with E-state index in [1.165, 1.54) is 43.6 Å². The lowest BCUT2D eigenvalue weighted by molar-refractivity contribution is -0.118. The minimum atomic E-state index is -0.227. The monoisotopic (exact) mass is 268 g/mol. The number of aromatic nitrogens is 2. The van der Waals surface area contributed by atoms with E-state index in [0.717, 1.165) is 5.69 Å². The molecule has 3 N–H and O–H groups in total. The Balaban J connectivity index is 1.89. The topological polar surface area (TPSA) is 80.9 Å². The van der Waals surface area contributed by atoms with Gasteiger partial charge in [0, 0.05) is 24.4 Å². The molecular formula is C12H20N4OS. The minimum Gasteiger partial charge on any atom is -0.370 e. The molecule has 0 aromatic carbocycles. The number of rotatable bonds is 6. The predicted octanol–water partition coefficient (Wildman–Crippen LogP) is 1.45. The molecule has 1 aromatic rings. The smallest absolute Gasteiger partial charge is 0.218 e. The Morgan fingerprint density at radius 3 is 2.89 bits per heavy atom. The van der Waals surface area contributed by atoms with Gasteiger partial charge in [0.15, 0.2) is 0 Å². The molecule has 1 fully saturated rings. The highest BCUT2D eigenvalue weighted by atomic mass is 32.1.